The van der Waals surface area contributed by atoms with Crippen LogP contribution in [0.4, 0.5) is 0 Å². The van der Waals surface area contributed by atoms with E-state index in [1.165, 1.54) is 6.92 Å². The van der Waals surface area contributed by atoms with Crippen LogP contribution >= 0.6 is 0 Å². The number of hydrogen-bond donors (Lipinski definition) is 4. The number of benzene rings is 2. The first-order chi connectivity index (χ1) is 18.8. The molecule has 3 aromatic rings. The van der Waals surface area contributed by atoms with Crippen LogP contribution < -0.4 is 10.6 Å². The van der Waals surface area contributed by atoms with Gasteiger partial charge in [-0.15, -0.1) is 0 Å². The summed E-state index contributed by atoms with van der Waals surface area (Å²) in [5, 5.41) is 16.6. The molecule has 0 spiro atoms. The molecule has 0 unspecified atom stereocenters. The van der Waals surface area contributed by atoms with E-state index in [1.807, 2.05) is 52.3 Å². The van der Waals surface area contributed by atoms with Crippen molar-refractivity contribution in [3.63, 3.8) is 0 Å². The number of amides is 3. The van der Waals surface area contributed by atoms with Crippen molar-refractivity contribution in [3.8, 4) is 0 Å². The Hall–Kier alpha value is -4.25. The molecule has 4 rings (SSSR count). The highest BCUT2D eigenvalue weighted by Crippen LogP contribution is 2.23. The molecule has 4 N–H and O–H groups in total. The Balaban J connectivity index is 1.51. The number of rotatable bonds is 12. The molecule has 0 bridgehead atoms. The minimum atomic E-state index is -1.25. The van der Waals surface area contributed by atoms with Gasteiger partial charge >= 0.3 is 5.97 Å². The van der Waals surface area contributed by atoms with Gasteiger partial charge in [-0.1, -0.05) is 42.5 Å². The molecule has 1 aliphatic heterocycles. The molecule has 1 saturated heterocycles. The zero-order valence-electron chi connectivity index (χ0n) is 21.9. The molecule has 0 saturated carbocycles. The van der Waals surface area contributed by atoms with Gasteiger partial charge in [0, 0.05) is 51.0 Å². The van der Waals surface area contributed by atoms with Crippen molar-refractivity contribution >= 4 is 34.5 Å². The number of imidazole rings is 1. The van der Waals surface area contributed by atoms with Gasteiger partial charge in [0.2, 0.25) is 17.7 Å². The topological polar surface area (TPSA) is 148 Å². The summed E-state index contributed by atoms with van der Waals surface area (Å²) in [5.41, 5.74) is 1.78. The van der Waals surface area contributed by atoms with Crippen LogP contribution in [0.5, 0.6) is 0 Å². The van der Waals surface area contributed by atoms with Gasteiger partial charge in [-0.25, -0.2) is 9.78 Å². The SMILES string of the molecule is CC(=O)NC[C@H](NC(=O)CN(Cc1cccc2ccccc12)C[C@@H]1CCCN1C(=O)Cc1cnc[nH]1)C(=O)O. The number of fused-ring (bicyclic) bond motifs is 1. The summed E-state index contributed by atoms with van der Waals surface area (Å²) in [7, 11) is 0. The quantitative estimate of drug-likeness (QED) is 0.274. The summed E-state index contributed by atoms with van der Waals surface area (Å²) >= 11 is 0. The number of carboxylic acid groups (broad SMARTS) is 1. The number of aliphatic carboxylic acids is 1. The van der Waals surface area contributed by atoms with E-state index >= 15 is 0 Å². The first-order valence-corrected chi connectivity index (χ1v) is 13.0. The normalized spacial score (nSPS) is 15.8. The third-order valence-electron chi connectivity index (χ3n) is 6.89. The first kappa shape index (κ1) is 27.8. The lowest BCUT2D eigenvalue weighted by molar-refractivity contribution is -0.142. The maximum Gasteiger partial charge on any atom is 0.328 e. The van der Waals surface area contributed by atoms with Crippen molar-refractivity contribution in [2.75, 3.05) is 26.2 Å². The Bertz CT molecular complexity index is 1310. The van der Waals surface area contributed by atoms with E-state index in [4.69, 9.17) is 0 Å². The largest absolute Gasteiger partial charge is 0.480 e. The lowest BCUT2D eigenvalue weighted by Crippen LogP contribution is -2.52. The molecule has 1 fully saturated rings. The van der Waals surface area contributed by atoms with Gasteiger partial charge in [0.15, 0.2) is 0 Å². The van der Waals surface area contributed by atoms with Crippen LogP contribution in [0.15, 0.2) is 55.0 Å². The lowest BCUT2D eigenvalue weighted by Gasteiger charge is -2.31. The van der Waals surface area contributed by atoms with Crippen LogP contribution in [0.2, 0.25) is 0 Å². The summed E-state index contributed by atoms with van der Waals surface area (Å²) in [4.78, 5) is 59.8. The standard InChI is InChI=1S/C28H34N6O5/c1-19(35)30-14-25(28(38)39)32-26(36)17-33(15-21-8-4-7-20-6-2-3-10-24(20)21)16-23-9-5-11-34(23)27(37)12-22-13-29-18-31-22/h2-4,6-8,10,13,18,23,25H,5,9,11-12,14-17H2,1H3,(H,29,31)(H,30,35)(H,32,36)(H,38,39)/t23-,25-/m0/s1. The second-order valence-corrected chi connectivity index (χ2v) is 9.84. The summed E-state index contributed by atoms with van der Waals surface area (Å²) in [6, 6.07) is 12.7. The molecule has 0 radical (unpaired) electrons. The summed E-state index contributed by atoms with van der Waals surface area (Å²) < 4.78 is 0. The molecular weight excluding hydrogens is 500 g/mol. The Labute approximate surface area is 226 Å². The minimum Gasteiger partial charge on any atom is -0.480 e. The Morgan fingerprint density at radius 2 is 1.97 bits per heavy atom. The number of H-pyrrole nitrogens is 1. The fraction of sp³-hybridized carbons (Fsp3) is 0.393. The highest BCUT2D eigenvalue weighted by molar-refractivity contribution is 5.87. The molecular formula is C28H34N6O5. The Morgan fingerprint density at radius 3 is 2.72 bits per heavy atom. The number of aromatic amines is 1. The number of carboxylic acids is 1. The van der Waals surface area contributed by atoms with Gasteiger partial charge in [-0.2, -0.15) is 0 Å². The van der Waals surface area contributed by atoms with Crippen LogP contribution in [-0.4, -0.2) is 86.8 Å². The van der Waals surface area contributed by atoms with E-state index in [-0.39, 0.29) is 37.4 Å². The Kier molecular flexibility index (Phi) is 9.27. The number of aromatic nitrogens is 2. The van der Waals surface area contributed by atoms with Gasteiger partial charge in [0.25, 0.3) is 0 Å². The molecule has 11 nitrogen and oxygen atoms in total. The van der Waals surface area contributed by atoms with Crippen LogP contribution in [0.25, 0.3) is 10.8 Å². The van der Waals surface area contributed by atoms with Gasteiger partial charge < -0.3 is 25.6 Å². The highest BCUT2D eigenvalue weighted by Gasteiger charge is 2.31. The van der Waals surface area contributed by atoms with Crippen LogP contribution in [0.3, 0.4) is 0 Å². The van der Waals surface area contributed by atoms with E-state index in [1.54, 1.807) is 12.5 Å². The van der Waals surface area contributed by atoms with Crippen LogP contribution in [0.1, 0.15) is 31.0 Å². The molecule has 1 aliphatic rings. The number of carbonyl (C=O) groups is 4. The average molecular weight is 535 g/mol. The number of likely N-dealkylation sites (tertiary alicyclic amines) is 1. The van der Waals surface area contributed by atoms with Crippen LogP contribution in [0, 0.1) is 0 Å². The molecule has 39 heavy (non-hydrogen) atoms. The molecule has 1 aromatic heterocycles. The van der Waals surface area contributed by atoms with E-state index in [2.05, 4.69) is 20.6 Å². The van der Waals surface area contributed by atoms with Crippen LogP contribution in [-0.2, 0) is 32.1 Å². The number of nitrogens with one attached hydrogen (secondary N) is 3. The van der Waals surface area contributed by atoms with Gasteiger partial charge in [0.05, 0.1) is 19.3 Å². The lowest BCUT2D eigenvalue weighted by atomic mass is 10.0. The number of nitrogens with zero attached hydrogens (tertiary/aromatic N) is 3. The van der Waals surface area contributed by atoms with Crippen molar-refractivity contribution in [1.29, 1.82) is 0 Å². The van der Waals surface area contributed by atoms with Crippen molar-refractivity contribution in [2.24, 2.45) is 0 Å². The van der Waals surface area contributed by atoms with Crippen molar-refractivity contribution in [2.45, 2.75) is 44.8 Å². The molecule has 206 valence electrons. The predicted molar refractivity (Wildman–Crippen MR) is 145 cm³/mol. The van der Waals surface area contributed by atoms with Crippen molar-refractivity contribution < 1.29 is 24.3 Å². The maximum atomic E-state index is 13.1. The minimum absolute atomic E-state index is 0.00226. The Morgan fingerprint density at radius 1 is 1.18 bits per heavy atom. The van der Waals surface area contributed by atoms with E-state index in [0.717, 1.165) is 34.9 Å². The van der Waals surface area contributed by atoms with Crippen molar-refractivity contribution in [1.82, 2.24) is 30.4 Å². The third kappa shape index (κ3) is 7.64. The first-order valence-electron chi connectivity index (χ1n) is 13.0. The second-order valence-electron chi connectivity index (χ2n) is 9.84. The highest BCUT2D eigenvalue weighted by atomic mass is 16.4. The van der Waals surface area contributed by atoms with E-state index in [0.29, 0.717) is 19.6 Å². The zero-order chi connectivity index (χ0) is 27.8. The monoisotopic (exact) mass is 534 g/mol. The fourth-order valence-electron chi connectivity index (χ4n) is 5.04. The average Bonchev–Trinajstić information content (AvgIpc) is 3.58. The summed E-state index contributed by atoms with van der Waals surface area (Å²) in [5.74, 6) is -2.09. The smallest absolute Gasteiger partial charge is 0.328 e. The molecule has 2 heterocycles. The molecule has 11 heteroatoms. The molecule has 0 aliphatic carbocycles. The van der Waals surface area contributed by atoms with Crippen molar-refractivity contribution in [3.05, 3.63) is 66.2 Å². The fourth-order valence-corrected chi connectivity index (χ4v) is 5.04. The summed E-state index contributed by atoms with van der Waals surface area (Å²) in [6.45, 7) is 2.55. The molecule has 2 aromatic carbocycles. The second kappa shape index (κ2) is 13.0. The zero-order valence-corrected chi connectivity index (χ0v) is 21.9. The number of carbonyl (C=O) groups excluding carboxylic acids is 3. The third-order valence-corrected chi connectivity index (χ3v) is 6.89. The van der Waals surface area contributed by atoms with Gasteiger partial charge in [-0.05, 0) is 29.2 Å². The molecule has 2 atom stereocenters. The maximum absolute atomic E-state index is 13.1. The van der Waals surface area contributed by atoms with E-state index in [9.17, 15) is 24.3 Å². The number of hydrogen-bond acceptors (Lipinski definition) is 6. The van der Waals surface area contributed by atoms with Gasteiger partial charge in [-0.3, -0.25) is 19.3 Å². The van der Waals surface area contributed by atoms with E-state index < -0.39 is 17.9 Å². The molecule has 3 amide bonds. The summed E-state index contributed by atoms with van der Waals surface area (Å²) in [6.07, 6.45) is 5.09. The van der Waals surface area contributed by atoms with Gasteiger partial charge in [0.1, 0.15) is 6.04 Å². The predicted octanol–water partition coefficient (Wildman–Crippen LogP) is 1.30.